The highest BCUT2D eigenvalue weighted by atomic mass is 16.5. The van der Waals surface area contributed by atoms with Gasteiger partial charge in [0.25, 0.3) is 0 Å². The van der Waals surface area contributed by atoms with E-state index >= 15 is 0 Å². The molecule has 1 heterocycles. The number of hydrogen-bond acceptors (Lipinski definition) is 4. The van der Waals surface area contributed by atoms with E-state index in [4.69, 9.17) is 10.5 Å². The van der Waals surface area contributed by atoms with Crippen molar-refractivity contribution in [2.45, 2.75) is 19.3 Å². The summed E-state index contributed by atoms with van der Waals surface area (Å²) in [7, 11) is 0. The molecule has 0 saturated carbocycles. The molecule has 0 spiro atoms. The Morgan fingerprint density at radius 1 is 1.32 bits per heavy atom. The van der Waals surface area contributed by atoms with E-state index < -0.39 is 5.97 Å². The summed E-state index contributed by atoms with van der Waals surface area (Å²) in [4.78, 5) is 23.3. The zero-order valence-electron chi connectivity index (χ0n) is 12.5. The van der Waals surface area contributed by atoms with Crippen LogP contribution in [0.1, 0.15) is 29.6 Å². The van der Waals surface area contributed by atoms with Crippen molar-refractivity contribution < 1.29 is 24.3 Å². The lowest BCUT2D eigenvalue weighted by molar-refractivity contribution is -0.906. The Hall–Kier alpha value is -2.08. The monoisotopic (exact) mass is 306 g/mol. The molecule has 120 valence electrons. The van der Waals surface area contributed by atoms with Gasteiger partial charge in [-0.15, -0.1) is 0 Å². The highest BCUT2D eigenvalue weighted by molar-refractivity contribution is 5.86. The van der Waals surface area contributed by atoms with Gasteiger partial charge in [0.1, 0.15) is 5.75 Å². The molecule has 0 aliphatic carbocycles. The highest BCUT2D eigenvalue weighted by Crippen LogP contribution is 2.13. The van der Waals surface area contributed by atoms with Crippen LogP contribution in [0.25, 0.3) is 0 Å². The van der Waals surface area contributed by atoms with E-state index in [0.717, 1.165) is 38.9 Å². The van der Waals surface area contributed by atoms with Crippen LogP contribution in [-0.2, 0) is 4.79 Å². The van der Waals surface area contributed by atoms with Crippen LogP contribution in [0.5, 0.6) is 5.75 Å². The van der Waals surface area contributed by atoms with Crippen LogP contribution in [-0.4, -0.2) is 38.1 Å². The maximum absolute atomic E-state index is 11.1. The van der Waals surface area contributed by atoms with Gasteiger partial charge in [0, 0.05) is 30.7 Å². The van der Waals surface area contributed by atoms with E-state index in [9.17, 15) is 14.7 Å². The number of piperidine rings is 1. The summed E-state index contributed by atoms with van der Waals surface area (Å²) in [6, 6.07) is 6.33. The smallest absolute Gasteiger partial charge is 0.220 e. The first-order valence-electron chi connectivity index (χ1n) is 7.63. The molecule has 1 saturated heterocycles. The number of amides is 1. The van der Waals surface area contributed by atoms with E-state index in [1.807, 2.05) is 0 Å². The minimum Gasteiger partial charge on any atom is -0.545 e. The molecular formula is C16H22N2O4. The first kappa shape index (κ1) is 16.3. The predicted octanol–water partition coefficient (Wildman–Crippen LogP) is -1.40. The van der Waals surface area contributed by atoms with Crippen LogP contribution in [0.4, 0.5) is 0 Å². The molecule has 22 heavy (non-hydrogen) atoms. The molecule has 0 bridgehead atoms. The van der Waals surface area contributed by atoms with Gasteiger partial charge in [-0.1, -0.05) is 12.1 Å². The topological polar surface area (TPSA) is 96.9 Å². The molecule has 1 aromatic carbocycles. The number of carbonyl (C=O) groups is 2. The second-order valence-corrected chi connectivity index (χ2v) is 5.69. The molecule has 1 amide bonds. The molecule has 3 N–H and O–H groups in total. The number of carboxylic acids is 1. The van der Waals surface area contributed by atoms with Crippen molar-refractivity contribution in [3.05, 3.63) is 29.8 Å². The zero-order chi connectivity index (χ0) is 15.9. The first-order chi connectivity index (χ1) is 10.6. The summed E-state index contributed by atoms with van der Waals surface area (Å²) in [5.74, 6) is -0.807. The minimum atomic E-state index is -1.20. The van der Waals surface area contributed by atoms with Crippen LogP contribution < -0.4 is 20.5 Å². The zero-order valence-corrected chi connectivity index (χ0v) is 12.5. The number of nitrogens with two attached hydrogens (primary N) is 1. The lowest BCUT2D eigenvalue weighted by Gasteiger charge is -2.27. The van der Waals surface area contributed by atoms with Gasteiger partial charge in [-0.05, 0) is 12.1 Å². The number of ether oxygens (including phenoxy) is 1. The van der Waals surface area contributed by atoms with Crippen molar-refractivity contribution in [1.29, 1.82) is 0 Å². The maximum Gasteiger partial charge on any atom is 0.220 e. The summed E-state index contributed by atoms with van der Waals surface area (Å²) in [6.07, 6.45) is 2.60. The molecule has 1 fully saturated rings. The van der Waals surface area contributed by atoms with Crippen molar-refractivity contribution in [3.8, 4) is 5.75 Å². The molecular weight excluding hydrogens is 284 g/mol. The molecule has 1 aliphatic rings. The third-order valence-electron chi connectivity index (χ3n) is 4.11. The molecule has 0 radical (unpaired) electrons. The van der Waals surface area contributed by atoms with Gasteiger partial charge in [0.15, 0.2) is 0 Å². The van der Waals surface area contributed by atoms with Crippen molar-refractivity contribution in [2.75, 3.05) is 26.2 Å². The summed E-state index contributed by atoms with van der Waals surface area (Å²) < 4.78 is 5.57. The van der Waals surface area contributed by atoms with Crippen LogP contribution >= 0.6 is 0 Å². The molecule has 0 atom stereocenters. The van der Waals surface area contributed by atoms with E-state index in [-0.39, 0.29) is 17.4 Å². The highest BCUT2D eigenvalue weighted by Gasteiger charge is 2.25. The van der Waals surface area contributed by atoms with Crippen LogP contribution in [0.3, 0.4) is 0 Å². The van der Waals surface area contributed by atoms with Gasteiger partial charge < -0.3 is 25.3 Å². The Bertz CT molecular complexity index is 525. The summed E-state index contributed by atoms with van der Waals surface area (Å²) in [5.41, 5.74) is 5.44. The SMILES string of the molecule is NC(=O)C1CC[NH+](CCCOc2cccc(C(=O)[O-])c2)CC1. The molecule has 6 nitrogen and oxygen atoms in total. The Balaban J connectivity index is 1.66. The summed E-state index contributed by atoms with van der Waals surface area (Å²) >= 11 is 0. The summed E-state index contributed by atoms with van der Waals surface area (Å²) in [6.45, 7) is 3.45. The van der Waals surface area contributed by atoms with Crippen LogP contribution in [0, 0.1) is 5.92 Å². The third kappa shape index (κ3) is 4.73. The van der Waals surface area contributed by atoms with E-state index in [1.54, 1.807) is 12.1 Å². The number of quaternary nitrogens is 1. The van der Waals surface area contributed by atoms with Gasteiger partial charge in [0.05, 0.1) is 32.2 Å². The van der Waals surface area contributed by atoms with Crippen molar-refractivity contribution >= 4 is 11.9 Å². The Kier molecular flexibility index (Phi) is 5.77. The van der Waals surface area contributed by atoms with Gasteiger partial charge in [-0.25, -0.2) is 0 Å². The fraction of sp³-hybridized carbons (Fsp3) is 0.500. The Labute approximate surface area is 129 Å². The Morgan fingerprint density at radius 2 is 2.05 bits per heavy atom. The number of carbonyl (C=O) groups excluding carboxylic acids is 2. The van der Waals surface area contributed by atoms with Crippen molar-refractivity contribution in [2.24, 2.45) is 11.7 Å². The molecule has 1 aromatic rings. The fourth-order valence-corrected chi connectivity index (χ4v) is 2.79. The lowest BCUT2D eigenvalue weighted by Crippen LogP contribution is -3.13. The predicted molar refractivity (Wildman–Crippen MR) is 78.4 cm³/mol. The average Bonchev–Trinajstić information content (AvgIpc) is 2.52. The first-order valence-corrected chi connectivity index (χ1v) is 7.63. The van der Waals surface area contributed by atoms with E-state index in [0.29, 0.717) is 12.4 Å². The number of hydrogen-bond donors (Lipinski definition) is 2. The number of likely N-dealkylation sites (tertiary alicyclic amines) is 1. The lowest BCUT2D eigenvalue weighted by atomic mass is 9.96. The van der Waals surface area contributed by atoms with Crippen molar-refractivity contribution in [1.82, 2.24) is 0 Å². The van der Waals surface area contributed by atoms with Gasteiger partial charge in [-0.2, -0.15) is 0 Å². The van der Waals surface area contributed by atoms with Crippen LogP contribution in [0.15, 0.2) is 24.3 Å². The number of nitrogens with one attached hydrogen (secondary N) is 1. The standard InChI is InChI=1S/C16H22N2O4/c17-15(19)12-5-8-18(9-6-12)7-2-10-22-14-4-1-3-13(11-14)16(20)21/h1,3-4,11-12H,2,5-10H2,(H2,17,19)(H,20,21). The van der Waals surface area contributed by atoms with E-state index in [1.165, 1.54) is 17.0 Å². The minimum absolute atomic E-state index is 0.0346. The number of aromatic carboxylic acids is 1. The number of benzene rings is 1. The third-order valence-corrected chi connectivity index (χ3v) is 4.11. The second-order valence-electron chi connectivity index (χ2n) is 5.69. The number of primary amides is 1. The number of rotatable bonds is 7. The summed E-state index contributed by atoms with van der Waals surface area (Å²) in [5, 5.41) is 10.8. The largest absolute Gasteiger partial charge is 0.545 e. The molecule has 2 rings (SSSR count). The Morgan fingerprint density at radius 3 is 2.68 bits per heavy atom. The van der Waals surface area contributed by atoms with Gasteiger partial charge in [0.2, 0.25) is 5.91 Å². The molecule has 0 unspecified atom stereocenters. The second kappa shape index (κ2) is 7.79. The normalized spacial score (nSPS) is 21.3. The van der Waals surface area contributed by atoms with Gasteiger partial charge in [-0.3, -0.25) is 4.79 Å². The molecule has 0 aromatic heterocycles. The van der Waals surface area contributed by atoms with Crippen molar-refractivity contribution in [3.63, 3.8) is 0 Å². The molecule has 1 aliphatic heterocycles. The average molecular weight is 306 g/mol. The van der Waals surface area contributed by atoms with E-state index in [2.05, 4.69) is 0 Å². The fourth-order valence-electron chi connectivity index (χ4n) is 2.79. The number of carboxylic acid groups (broad SMARTS) is 1. The quantitative estimate of drug-likeness (QED) is 0.605. The van der Waals surface area contributed by atoms with Gasteiger partial charge >= 0.3 is 0 Å². The molecule has 6 heteroatoms. The van der Waals surface area contributed by atoms with Crippen LogP contribution in [0.2, 0.25) is 0 Å². The maximum atomic E-state index is 11.1.